The van der Waals surface area contributed by atoms with Crippen molar-refractivity contribution < 1.29 is 20.1 Å². The summed E-state index contributed by atoms with van der Waals surface area (Å²) in [5.74, 6) is -2.28. The van der Waals surface area contributed by atoms with E-state index in [-0.39, 0.29) is 5.56 Å². The Bertz CT molecular complexity index is 2500. The Hall–Kier alpha value is -6.77. The molecule has 0 bridgehead atoms. The maximum atomic E-state index is 9.55. The molecule has 3 N–H and O–H groups in total. The standard InChI is InChI=1S/C51H43N3O4/c1-58-50-33-41(49-27-25-43(34-54-49)51(55,56)57)24-26-46(50)45-9-3-2-8-44(45)42-31-37(14-12-35-16-20-39(21-17-35)47-10-4-6-28-52-47)30-38(32-42)15-13-36-18-22-40(23-19-36)48-11-5-7-29-53-48/h2-11,16-34,55-57H,12-15H2,1H3. The number of pyridine rings is 3. The minimum Gasteiger partial charge on any atom is -0.496 e. The summed E-state index contributed by atoms with van der Waals surface area (Å²) < 4.78 is 5.97. The average molecular weight is 762 g/mol. The van der Waals surface area contributed by atoms with E-state index in [1.54, 1.807) is 13.2 Å². The summed E-state index contributed by atoms with van der Waals surface area (Å²) in [5.41, 5.74) is 14.7. The lowest BCUT2D eigenvalue weighted by Crippen LogP contribution is -2.23. The first-order chi connectivity index (χ1) is 28.3. The van der Waals surface area contributed by atoms with Gasteiger partial charge in [0.2, 0.25) is 0 Å². The summed E-state index contributed by atoms with van der Waals surface area (Å²) >= 11 is 0. The van der Waals surface area contributed by atoms with E-state index in [0.717, 1.165) is 76.0 Å². The lowest BCUT2D eigenvalue weighted by atomic mass is 9.89. The predicted octanol–water partition coefficient (Wildman–Crippen LogP) is 9.87. The Kier molecular flexibility index (Phi) is 11.3. The Balaban J connectivity index is 1.10. The van der Waals surface area contributed by atoms with E-state index in [1.165, 1.54) is 34.5 Å². The van der Waals surface area contributed by atoms with E-state index in [0.29, 0.717) is 11.4 Å². The minimum absolute atomic E-state index is 0.118. The van der Waals surface area contributed by atoms with Crippen molar-refractivity contribution in [2.45, 2.75) is 31.7 Å². The van der Waals surface area contributed by atoms with Gasteiger partial charge in [0.25, 0.3) is 0 Å². The van der Waals surface area contributed by atoms with Gasteiger partial charge in [-0.15, -0.1) is 0 Å². The number of hydrogen-bond donors (Lipinski definition) is 3. The van der Waals surface area contributed by atoms with Crippen LogP contribution in [0.25, 0.3) is 56.0 Å². The average Bonchev–Trinajstić information content (AvgIpc) is 3.28. The first-order valence-electron chi connectivity index (χ1n) is 19.4. The lowest BCUT2D eigenvalue weighted by Gasteiger charge is -2.17. The highest BCUT2D eigenvalue weighted by Gasteiger charge is 2.22. The maximum absolute atomic E-state index is 9.55. The second kappa shape index (κ2) is 17.2. The van der Waals surface area contributed by atoms with Crippen LogP contribution in [0.4, 0.5) is 0 Å². The maximum Gasteiger partial charge on any atom is 0.305 e. The summed E-state index contributed by atoms with van der Waals surface area (Å²) in [5, 5.41) is 28.7. The van der Waals surface area contributed by atoms with Crippen LogP contribution < -0.4 is 4.74 Å². The molecule has 0 saturated heterocycles. The summed E-state index contributed by atoms with van der Waals surface area (Å²) in [7, 11) is 1.66. The second-order valence-electron chi connectivity index (χ2n) is 14.4. The molecule has 0 atom stereocenters. The summed E-state index contributed by atoms with van der Waals surface area (Å²) in [6, 6.07) is 53.8. The molecule has 0 unspecified atom stereocenters. The summed E-state index contributed by atoms with van der Waals surface area (Å²) in [6.07, 6.45) is 8.48. The highest BCUT2D eigenvalue weighted by atomic mass is 16.7. The van der Waals surface area contributed by atoms with Crippen molar-refractivity contribution in [2.75, 3.05) is 7.11 Å². The molecular formula is C51H43N3O4. The molecule has 0 fully saturated rings. The SMILES string of the molecule is COc1cc(-c2ccc(C(O)(O)O)cn2)ccc1-c1ccccc1-c1cc(CCc2ccc(-c3ccccn3)cc2)cc(CCc2ccc(-c3ccccn3)cc2)c1. The minimum atomic E-state index is -2.95. The van der Waals surface area contributed by atoms with Gasteiger partial charge in [0, 0.05) is 40.8 Å². The molecule has 3 heterocycles. The van der Waals surface area contributed by atoms with Gasteiger partial charge in [0.15, 0.2) is 0 Å². The molecule has 0 aliphatic rings. The van der Waals surface area contributed by atoms with Crippen molar-refractivity contribution in [2.24, 2.45) is 0 Å². The van der Waals surface area contributed by atoms with E-state index in [1.807, 2.05) is 73.1 Å². The zero-order chi connectivity index (χ0) is 39.9. The number of benzene rings is 5. The van der Waals surface area contributed by atoms with Crippen LogP contribution >= 0.6 is 0 Å². The number of ether oxygens (including phenoxy) is 1. The smallest absolute Gasteiger partial charge is 0.305 e. The third-order valence-electron chi connectivity index (χ3n) is 10.5. The van der Waals surface area contributed by atoms with Gasteiger partial charge in [0.1, 0.15) is 5.75 Å². The van der Waals surface area contributed by atoms with Crippen LogP contribution in [-0.4, -0.2) is 37.4 Å². The Morgan fingerprint density at radius 2 is 0.948 bits per heavy atom. The highest BCUT2D eigenvalue weighted by molar-refractivity contribution is 5.87. The number of aliphatic hydroxyl groups is 3. The van der Waals surface area contributed by atoms with Crippen molar-refractivity contribution in [3.63, 3.8) is 0 Å². The van der Waals surface area contributed by atoms with Crippen LogP contribution in [0.2, 0.25) is 0 Å². The monoisotopic (exact) mass is 761 g/mol. The molecule has 58 heavy (non-hydrogen) atoms. The third-order valence-corrected chi connectivity index (χ3v) is 10.5. The van der Waals surface area contributed by atoms with Crippen molar-refractivity contribution in [3.8, 4) is 61.8 Å². The van der Waals surface area contributed by atoms with Crippen LogP contribution in [0.1, 0.15) is 27.8 Å². The van der Waals surface area contributed by atoms with Gasteiger partial charge in [-0.25, -0.2) is 0 Å². The van der Waals surface area contributed by atoms with E-state index in [4.69, 9.17) is 4.74 Å². The van der Waals surface area contributed by atoms with E-state index in [9.17, 15) is 15.3 Å². The molecule has 0 radical (unpaired) electrons. The van der Waals surface area contributed by atoms with E-state index < -0.39 is 5.97 Å². The largest absolute Gasteiger partial charge is 0.496 e. The Labute approximate surface area is 338 Å². The molecule has 7 heteroatoms. The lowest BCUT2D eigenvalue weighted by molar-refractivity contribution is -0.324. The molecule has 8 aromatic rings. The summed E-state index contributed by atoms with van der Waals surface area (Å²) in [6.45, 7) is 0. The van der Waals surface area contributed by atoms with Gasteiger partial charge in [-0.05, 0) is 113 Å². The Morgan fingerprint density at radius 1 is 0.431 bits per heavy atom. The van der Waals surface area contributed by atoms with Crippen LogP contribution in [-0.2, 0) is 31.7 Å². The number of hydrogen-bond acceptors (Lipinski definition) is 7. The van der Waals surface area contributed by atoms with E-state index in [2.05, 4.69) is 99.9 Å². The molecule has 8 rings (SSSR count). The first-order valence-corrected chi connectivity index (χ1v) is 19.4. The fourth-order valence-corrected chi connectivity index (χ4v) is 7.34. The van der Waals surface area contributed by atoms with Crippen LogP contribution in [0.15, 0.2) is 176 Å². The molecule has 0 aliphatic carbocycles. The normalized spacial score (nSPS) is 11.4. The number of nitrogens with zero attached hydrogens (tertiary/aromatic N) is 3. The third kappa shape index (κ3) is 8.93. The van der Waals surface area contributed by atoms with Gasteiger partial charge in [0.05, 0.1) is 29.8 Å². The van der Waals surface area contributed by atoms with Crippen molar-refractivity contribution in [1.29, 1.82) is 0 Å². The van der Waals surface area contributed by atoms with Gasteiger partial charge in [-0.2, -0.15) is 0 Å². The predicted molar refractivity (Wildman–Crippen MR) is 230 cm³/mol. The number of aryl methyl sites for hydroxylation is 4. The van der Waals surface area contributed by atoms with Crippen molar-refractivity contribution in [1.82, 2.24) is 15.0 Å². The molecule has 0 aliphatic heterocycles. The fraction of sp³-hybridized carbons (Fsp3) is 0.118. The fourth-order valence-electron chi connectivity index (χ4n) is 7.34. The van der Waals surface area contributed by atoms with Crippen LogP contribution in [0.5, 0.6) is 5.75 Å². The van der Waals surface area contributed by atoms with Gasteiger partial charge in [-0.3, -0.25) is 15.0 Å². The highest BCUT2D eigenvalue weighted by Crippen LogP contribution is 2.40. The molecule has 5 aromatic carbocycles. The molecule has 0 spiro atoms. The molecule has 3 aromatic heterocycles. The van der Waals surface area contributed by atoms with E-state index >= 15 is 0 Å². The molecule has 7 nitrogen and oxygen atoms in total. The first kappa shape index (κ1) is 38.1. The van der Waals surface area contributed by atoms with Crippen LogP contribution in [0, 0.1) is 0 Å². The topological polar surface area (TPSA) is 109 Å². The van der Waals surface area contributed by atoms with Gasteiger partial charge >= 0.3 is 5.97 Å². The van der Waals surface area contributed by atoms with Gasteiger partial charge in [-0.1, -0.05) is 109 Å². The van der Waals surface area contributed by atoms with Crippen LogP contribution in [0.3, 0.4) is 0 Å². The van der Waals surface area contributed by atoms with Gasteiger partial charge < -0.3 is 20.1 Å². The molecule has 286 valence electrons. The number of aromatic nitrogens is 3. The van der Waals surface area contributed by atoms with Crippen molar-refractivity contribution >= 4 is 0 Å². The Morgan fingerprint density at radius 3 is 1.45 bits per heavy atom. The number of methoxy groups -OCH3 is 1. The number of rotatable bonds is 13. The summed E-state index contributed by atoms with van der Waals surface area (Å²) in [4.78, 5) is 13.4. The molecule has 0 saturated carbocycles. The zero-order valence-electron chi connectivity index (χ0n) is 32.2. The zero-order valence-corrected chi connectivity index (χ0v) is 32.2. The molecule has 0 amide bonds. The second-order valence-corrected chi connectivity index (χ2v) is 14.4. The van der Waals surface area contributed by atoms with Crippen molar-refractivity contribution in [3.05, 3.63) is 204 Å². The molecular weight excluding hydrogens is 719 g/mol. The quantitative estimate of drug-likeness (QED) is 0.100.